The molecule has 0 saturated carbocycles. The number of carbonyl (C=O) groups excluding carboxylic acids is 1. The summed E-state index contributed by atoms with van der Waals surface area (Å²) in [6.45, 7) is 13.4. The zero-order chi connectivity index (χ0) is 23.4. The lowest BCUT2D eigenvalue weighted by molar-refractivity contribution is -0.151. The molecular weight excluding hydrogens is 420 g/mol. The molecule has 33 heavy (non-hydrogen) atoms. The molecule has 1 amide bonds. The first kappa shape index (κ1) is 23.6. The van der Waals surface area contributed by atoms with Crippen molar-refractivity contribution in [2.75, 3.05) is 39.5 Å². The van der Waals surface area contributed by atoms with Gasteiger partial charge in [-0.2, -0.15) is 0 Å². The van der Waals surface area contributed by atoms with Crippen LogP contribution in [0.1, 0.15) is 42.9 Å². The van der Waals surface area contributed by atoms with Crippen LogP contribution in [0.15, 0.2) is 28.7 Å². The normalized spacial score (nSPS) is 18.9. The van der Waals surface area contributed by atoms with Gasteiger partial charge in [-0.15, -0.1) is 0 Å². The van der Waals surface area contributed by atoms with Gasteiger partial charge in [-0.3, -0.25) is 9.69 Å². The molecule has 0 aliphatic carbocycles. The van der Waals surface area contributed by atoms with E-state index in [-0.39, 0.29) is 5.91 Å². The predicted octanol–water partition coefficient (Wildman–Crippen LogP) is 3.94. The maximum atomic E-state index is 13.6. The molecular formula is C26H36N2O5. The van der Waals surface area contributed by atoms with Gasteiger partial charge in [0.05, 0.1) is 19.8 Å². The van der Waals surface area contributed by atoms with Crippen LogP contribution in [0.3, 0.4) is 0 Å². The average molecular weight is 457 g/mol. The Morgan fingerprint density at radius 2 is 1.91 bits per heavy atom. The molecule has 1 unspecified atom stereocenters. The lowest BCUT2D eigenvalue weighted by atomic mass is 10.1. The molecule has 1 fully saturated rings. The maximum absolute atomic E-state index is 13.6. The molecule has 1 saturated heterocycles. The molecule has 1 aromatic heterocycles. The Morgan fingerprint density at radius 3 is 2.64 bits per heavy atom. The fourth-order valence-corrected chi connectivity index (χ4v) is 4.48. The topological polar surface area (TPSA) is 64.4 Å². The minimum absolute atomic E-state index is 0.0422. The SMILES string of the molecule is Cc1cc(CN2CCOC(C(=O)N(Cc3ccc4c(c3)OCCCO4)CC(C)C)C2)c(C)o1. The zero-order valence-electron chi connectivity index (χ0n) is 20.3. The van der Waals surface area contributed by atoms with E-state index in [0.717, 1.165) is 48.1 Å². The van der Waals surface area contributed by atoms with E-state index < -0.39 is 6.10 Å². The summed E-state index contributed by atoms with van der Waals surface area (Å²) in [5.41, 5.74) is 2.21. The van der Waals surface area contributed by atoms with Crippen molar-refractivity contribution < 1.29 is 23.4 Å². The lowest BCUT2D eigenvalue weighted by Crippen LogP contribution is -2.51. The van der Waals surface area contributed by atoms with E-state index in [0.29, 0.717) is 45.4 Å². The van der Waals surface area contributed by atoms with E-state index in [1.165, 1.54) is 5.56 Å². The summed E-state index contributed by atoms with van der Waals surface area (Å²) in [6.07, 6.45) is 0.404. The highest BCUT2D eigenvalue weighted by atomic mass is 16.5. The molecule has 0 N–H and O–H groups in total. The van der Waals surface area contributed by atoms with Gasteiger partial charge in [-0.25, -0.2) is 0 Å². The van der Waals surface area contributed by atoms with E-state index in [9.17, 15) is 4.79 Å². The highest BCUT2D eigenvalue weighted by Crippen LogP contribution is 2.31. The Kier molecular flexibility index (Phi) is 7.60. The van der Waals surface area contributed by atoms with Gasteiger partial charge in [0.2, 0.25) is 0 Å². The third kappa shape index (κ3) is 6.09. The largest absolute Gasteiger partial charge is 0.490 e. The van der Waals surface area contributed by atoms with Gasteiger partial charge in [0.1, 0.15) is 17.6 Å². The number of hydrogen-bond acceptors (Lipinski definition) is 6. The summed E-state index contributed by atoms with van der Waals surface area (Å²) < 4.78 is 23.2. The molecule has 4 rings (SSSR count). The first-order valence-electron chi connectivity index (χ1n) is 12.0. The average Bonchev–Trinajstić information content (AvgIpc) is 2.96. The molecule has 7 heteroatoms. The molecule has 7 nitrogen and oxygen atoms in total. The van der Waals surface area contributed by atoms with Crippen LogP contribution in [0.4, 0.5) is 0 Å². The van der Waals surface area contributed by atoms with Crippen LogP contribution in [-0.4, -0.2) is 61.3 Å². The van der Waals surface area contributed by atoms with Crippen molar-refractivity contribution in [3.05, 3.63) is 46.9 Å². The molecule has 0 bridgehead atoms. The standard InChI is InChI=1S/C26H36N2O5/c1-18(2)14-28(15-21-6-7-23-24(13-21)31-10-5-9-30-23)26(29)25-17-27(8-11-32-25)16-22-12-19(3)33-20(22)4/h6-7,12-13,18,25H,5,8-11,14-17H2,1-4H3. The van der Waals surface area contributed by atoms with Crippen LogP contribution in [0.25, 0.3) is 0 Å². The van der Waals surface area contributed by atoms with Crippen LogP contribution in [0, 0.1) is 19.8 Å². The van der Waals surface area contributed by atoms with Crippen LogP contribution in [0.5, 0.6) is 11.5 Å². The summed E-state index contributed by atoms with van der Waals surface area (Å²) in [6, 6.07) is 8.05. The quantitative estimate of drug-likeness (QED) is 0.629. The number of hydrogen-bond donors (Lipinski definition) is 0. The fourth-order valence-electron chi connectivity index (χ4n) is 4.48. The van der Waals surface area contributed by atoms with Crippen molar-refractivity contribution in [2.45, 2.75) is 53.3 Å². The predicted molar refractivity (Wildman–Crippen MR) is 126 cm³/mol. The maximum Gasteiger partial charge on any atom is 0.253 e. The van der Waals surface area contributed by atoms with Gasteiger partial charge >= 0.3 is 0 Å². The van der Waals surface area contributed by atoms with E-state index in [2.05, 4.69) is 24.8 Å². The lowest BCUT2D eigenvalue weighted by Gasteiger charge is -2.35. The number of carbonyl (C=O) groups is 1. The van der Waals surface area contributed by atoms with Crippen molar-refractivity contribution in [1.82, 2.24) is 9.80 Å². The van der Waals surface area contributed by atoms with Crippen LogP contribution < -0.4 is 9.47 Å². The van der Waals surface area contributed by atoms with Crippen LogP contribution in [-0.2, 0) is 22.6 Å². The monoisotopic (exact) mass is 456 g/mol. The van der Waals surface area contributed by atoms with Crippen molar-refractivity contribution in [3.8, 4) is 11.5 Å². The molecule has 3 heterocycles. The number of fused-ring (bicyclic) bond motifs is 1. The Hall–Kier alpha value is -2.51. The van der Waals surface area contributed by atoms with E-state index in [4.69, 9.17) is 18.6 Å². The zero-order valence-corrected chi connectivity index (χ0v) is 20.3. The smallest absolute Gasteiger partial charge is 0.253 e. The second-order valence-corrected chi connectivity index (χ2v) is 9.48. The number of furan rings is 1. The molecule has 0 radical (unpaired) electrons. The van der Waals surface area contributed by atoms with Gasteiger partial charge in [-0.1, -0.05) is 19.9 Å². The second-order valence-electron chi connectivity index (χ2n) is 9.48. The number of nitrogens with zero attached hydrogens (tertiary/aromatic N) is 2. The molecule has 1 aromatic carbocycles. The molecule has 1 atom stereocenters. The fraction of sp³-hybridized carbons (Fsp3) is 0.577. The summed E-state index contributed by atoms with van der Waals surface area (Å²) in [4.78, 5) is 17.8. The molecule has 180 valence electrons. The summed E-state index contributed by atoms with van der Waals surface area (Å²) >= 11 is 0. The van der Waals surface area contributed by atoms with Crippen LogP contribution in [0.2, 0.25) is 0 Å². The summed E-state index contributed by atoms with van der Waals surface area (Å²) in [7, 11) is 0. The molecule has 0 spiro atoms. The van der Waals surface area contributed by atoms with Gasteiger partial charge < -0.3 is 23.5 Å². The van der Waals surface area contributed by atoms with Gasteiger partial charge in [-0.05, 0) is 43.5 Å². The third-order valence-corrected chi connectivity index (χ3v) is 6.05. The van der Waals surface area contributed by atoms with Crippen LogP contribution >= 0.6 is 0 Å². The number of ether oxygens (including phenoxy) is 3. The van der Waals surface area contributed by atoms with Crippen molar-refractivity contribution in [1.29, 1.82) is 0 Å². The first-order chi connectivity index (χ1) is 15.9. The summed E-state index contributed by atoms with van der Waals surface area (Å²) in [5.74, 6) is 3.78. The minimum atomic E-state index is -0.466. The van der Waals surface area contributed by atoms with Crippen molar-refractivity contribution >= 4 is 5.91 Å². The molecule has 2 aromatic rings. The Balaban J connectivity index is 1.44. The van der Waals surface area contributed by atoms with Gasteiger partial charge in [0.15, 0.2) is 11.5 Å². The number of benzene rings is 1. The highest BCUT2D eigenvalue weighted by Gasteiger charge is 2.31. The molecule has 2 aliphatic rings. The van der Waals surface area contributed by atoms with Crippen molar-refractivity contribution in [3.63, 3.8) is 0 Å². The Bertz CT molecular complexity index is 954. The van der Waals surface area contributed by atoms with E-state index in [1.807, 2.05) is 36.9 Å². The molecule has 2 aliphatic heterocycles. The van der Waals surface area contributed by atoms with Gasteiger partial charge in [0, 0.05) is 44.7 Å². The second kappa shape index (κ2) is 10.6. The number of rotatable bonds is 7. The van der Waals surface area contributed by atoms with Gasteiger partial charge in [0.25, 0.3) is 5.91 Å². The highest BCUT2D eigenvalue weighted by molar-refractivity contribution is 5.81. The first-order valence-corrected chi connectivity index (χ1v) is 12.0. The third-order valence-electron chi connectivity index (χ3n) is 6.05. The Labute approximate surface area is 196 Å². The minimum Gasteiger partial charge on any atom is -0.490 e. The number of amides is 1. The van der Waals surface area contributed by atoms with Crippen molar-refractivity contribution in [2.24, 2.45) is 5.92 Å². The van der Waals surface area contributed by atoms with E-state index >= 15 is 0 Å². The number of morpholine rings is 1. The number of aryl methyl sites for hydroxylation is 2. The summed E-state index contributed by atoms with van der Waals surface area (Å²) in [5, 5.41) is 0. The van der Waals surface area contributed by atoms with E-state index in [1.54, 1.807) is 0 Å². The Morgan fingerprint density at radius 1 is 1.12 bits per heavy atom.